The molecular weight excluding hydrogens is 324 g/mol. The van der Waals surface area contributed by atoms with Crippen LogP contribution in [0.15, 0.2) is 30.6 Å². The number of likely N-dealkylation sites (tertiary alicyclic amines) is 1. The van der Waals surface area contributed by atoms with Gasteiger partial charge in [-0.2, -0.15) is 5.26 Å². The van der Waals surface area contributed by atoms with Crippen molar-refractivity contribution >= 4 is 12.0 Å². The van der Waals surface area contributed by atoms with Crippen LogP contribution in [-0.4, -0.2) is 56.4 Å². The molecule has 0 unspecified atom stereocenters. The maximum absolute atomic E-state index is 12.2. The molecule has 2 heterocycles. The number of rotatable bonds is 4. The zero-order valence-corrected chi connectivity index (χ0v) is 13.3. The molecule has 128 valence electrons. The second-order valence-electron chi connectivity index (χ2n) is 5.77. The van der Waals surface area contributed by atoms with Crippen LogP contribution in [0.4, 0.5) is 4.79 Å². The second-order valence-corrected chi connectivity index (χ2v) is 5.77. The number of nitrogens with one attached hydrogen (secondary N) is 1. The Bertz CT molecular complexity index is 840. The smallest absolute Gasteiger partial charge is 0.407 e. The minimum atomic E-state index is -0.936. The van der Waals surface area contributed by atoms with Crippen LogP contribution in [0.2, 0.25) is 0 Å². The zero-order chi connectivity index (χ0) is 17.8. The third kappa shape index (κ3) is 3.74. The van der Waals surface area contributed by atoms with Gasteiger partial charge in [-0.3, -0.25) is 4.79 Å². The normalized spacial score (nSPS) is 16.4. The lowest BCUT2D eigenvalue weighted by atomic mass is 10.1. The van der Waals surface area contributed by atoms with Crippen molar-refractivity contribution in [2.45, 2.75) is 6.42 Å². The molecule has 25 heavy (non-hydrogen) atoms. The number of amides is 2. The average molecular weight is 340 g/mol. The number of carboxylic acid groups (broad SMARTS) is 1. The van der Waals surface area contributed by atoms with Crippen molar-refractivity contribution in [1.29, 1.82) is 5.26 Å². The molecule has 2 amide bonds. The predicted octanol–water partition coefficient (Wildman–Crippen LogP) is 0.869. The second kappa shape index (κ2) is 7.00. The molecule has 9 nitrogen and oxygen atoms in total. The summed E-state index contributed by atoms with van der Waals surface area (Å²) in [6.07, 6.45) is 1.19. The van der Waals surface area contributed by atoms with Crippen LogP contribution >= 0.6 is 0 Å². The molecule has 9 heteroatoms. The van der Waals surface area contributed by atoms with Crippen molar-refractivity contribution < 1.29 is 14.7 Å². The van der Waals surface area contributed by atoms with Gasteiger partial charge in [0, 0.05) is 19.6 Å². The lowest BCUT2D eigenvalue weighted by Gasteiger charge is -2.12. The summed E-state index contributed by atoms with van der Waals surface area (Å²) < 4.78 is 1.43. The Hall–Kier alpha value is -3.41. The van der Waals surface area contributed by atoms with E-state index in [1.165, 1.54) is 15.9 Å². The largest absolute Gasteiger partial charge is 0.465 e. The van der Waals surface area contributed by atoms with Gasteiger partial charge in [0.05, 0.1) is 17.3 Å². The first-order chi connectivity index (χ1) is 12.1. The Balaban J connectivity index is 1.59. The molecule has 0 saturated carbocycles. The van der Waals surface area contributed by atoms with Crippen molar-refractivity contribution in [2.75, 3.05) is 19.6 Å². The molecule has 2 N–H and O–H groups in total. The first kappa shape index (κ1) is 16.4. The van der Waals surface area contributed by atoms with Crippen LogP contribution in [-0.2, 0) is 0 Å². The van der Waals surface area contributed by atoms with Gasteiger partial charge in [0.15, 0.2) is 0 Å². The molecule has 0 radical (unpaired) electrons. The molecule has 1 aliphatic heterocycles. The molecule has 1 atom stereocenters. The summed E-state index contributed by atoms with van der Waals surface area (Å²) >= 11 is 0. The maximum atomic E-state index is 12.2. The summed E-state index contributed by atoms with van der Waals surface area (Å²) in [7, 11) is 0. The van der Waals surface area contributed by atoms with Crippen molar-refractivity contribution in [1.82, 2.24) is 25.0 Å². The molecule has 1 aromatic carbocycles. The van der Waals surface area contributed by atoms with Crippen molar-refractivity contribution in [3.8, 4) is 11.8 Å². The van der Waals surface area contributed by atoms with Gasteiger partial charge in [0.25, 0.3) is 5.91 Å². The molecule has 0 spiro atoms. The van der Waals surface area contributed by atoms with Crippen molar-refractivity contribution in [3.05, 3.63) is 42.0 Å². The lowest BCUT2D eigenvalue weighted by molar-refractivity contribution is 0.0937. The van der Waals surface area contributed by atoms with Crippen LogP contribution in [0.25, 0.3) is 5.69 Å². The van der Waals surface area contributed by atoms with Gasteiger partial charge in [-0.15, -0.1) is 5.10 Å². The van der Waals surface area contributed by atoms with E-state index in [1.54, 1.807) is 24.3 Å². The van der Waals surface area contributed by atoms with Crippen molar-refractivity contribution in [3.63, 3.8) is 0 Å². The van der Waals surface area contributed by atoms with E-state index in [1.807, 2.05) is 6.07 Å². The molecular formula is C16H16N6O3. The number of nitriles is 1. The summed E-state index contributed by atoms with van der Waals surface area (Å²) in [5.41, 5.74) is 1.13. The topological polar surface area (TPSA) is 124 Å². The summed E-state index contributed by atoms with van der Waals surface area (Å²) in [5.74, 6) is -0.297. The minimum Gasteiger partial charge on any atom is -0.465 e. The van der Waals surface area contributed by atoms with Gasteiger partial charge >= 0.3 is 6.09 Å². The predicted molar refractivity (Wildman–Crippen MR) is 86.1 cm³/mol. The van der Waals surface area contributed by atoms with Crippen LogP contribution in [0.3, 0.4) is 0 Å². The van der Waals surface area contributed by atoms with Gasteiger partial charge in [-0.05, 0) is 30.5 Å². The quantitative estimate of drug-likeness (QED) is 0.851. The van der Waals surface area contributed by atoms with Gasteiger partial charge in [-0.1, -0.05) is 6.07 Å². The highest BCUT2D eigenvalue weighted by molar-refractivity contribution is 5.90. The summed E-state index contributed by atoms with van der Waals surface area (Å²) in [6.45, 7) is 1.28. The standard InChI is InChI=1S/C16H16N6O3/c17-7-11-2-1-3-13(6-11)22-10-19-14(20-22)15(23)18-8-12-4-5-21(9-12)16(24)25/h1-3,6,10,12H,4-5,8-9H2,(H,18,23)(H,24,25)/t12-/m1/s1. The Kier molecular flexibility index (Phi) is 4.61. The number of aromatic nitrogens is 3. The van der Waals surface area contributed by atoms with Crippen molar-refractivity contribution in [2.24, 2.45) is 5.92 Å². The molecule has 3 rings (SSSR count). The van der Waals surface area contributed by atoms with E-state index >= 15 is 0 Å². The number of hydrogen-bond donors (Lipinski definition) is 2. The third-order valence-electron chi connectivity index (χ3n) is 4.04. The summed E-state index contributed by atoms with van der Waals surface area (Å²) in [5, 5.41) is 24.7. The lowest BCUT2D eigenvalue weighted by Crippen LogP contribution is -2.32. The van der Waals surface area contributed by atoms with E-state index in [0.29, 0.717) is 30.9 Å². The Morgan fingerprint density at radius 1 is 1.44 bits per heavy atom. The molecule has 1 fully saturated rings. The van der Waals surface area contributed by atoms with Crippen LogP contribution < -0.4 is 5.32 Å². The zero-order valence-electron chi connectivity index (χ0n) is 13.3. The Morgan fingerprint density at radius 2 is 2.28 bits per heavy atom. The molecule has 1 aliphatic rings. The third-order valence-corrected chi connectivity index (χ3v) is 4.04. The van der Waals surface area contributed by atoms with E-state index in [0.717, 1.165) is 6.42 Å². The molecule has 0 bridgehead atoms. The highest BCUT2D eigenvalue weighted by Crippen LogP contribution is 2.15. The van der Waals surface area contributed by atoms with Gasteiger partial charge in [-0.25, -0.2) is 14.5 Å². The van der Waals surface area contributed by atoms with Gasteiger partial charge in [0.2, 0.25) is 5.82 Å². The van der Waals surface area contributed by atoms with Crippen LogP contribution in [0.5, 0.6) is 0 Å². The van der Waals surface area contributed by atoms with Crippen LogP contribution in [0, 0.1) is 17.2 Å². The fourth-order valence-electron chi connectivity index (χ4n) is 2.70. The Labute approximate surface area is 143 Å². The highest BCUT2D eigenvalue weighted by Gasteiger charge is 2.26. The minimum absolute atomic E-state index is 0.0236. The maximum Gasteiger partial charge on any atom is 0.407 e. The van der Waals surface area contributed by atoms with E-state index in [-0.39, 0.29) is 11.7 Å². The first-order valence-corrected chi connectivity index (χ1v) is 7.75. The summed E-state index contributed by atoms with van der Waals surface area (Å²) in [6, 6.07) is 8.85. The fraction of sp³-hybridized carbons (Fsp3) is 0.312. The van der Waals surface area contributed by atoms with E-state index in [4.69, 9.17) is 10.4 Å². The molecule has 1 aromatic heterocycles. The van der Waals surface area contributed by atoms with E-state index < -0.39 is 12.0 Å². The van der Waals surface area contributed by atoms with E-state index in [2.05, 4.69) is 15.4 Å². The van der Waals surface area contributed by atoms with E-state index in [9.17, 15) is 9.59 Å². The summed E-state index contributed by atoms with van der Waals surface area (Å²) in [4.78, 5) is 28.4. The number of benzene rings is 1. The Morgan fingerprint density at radius 3 is 3.00 bits per heavy atom. The van der Waals surface area contributed by atoms with Gasteiger partial charge < -0.3 is 15.3 Å². The van der Waals surface area contributed by atoms with Gasteiger partial charge in [0.1, 0.15) is 6.33 Å². The monoisotopic (exact) mass is 340 g/mol. The number of carbonyl (C=O) groups excluding carboxylic acids is 1. The number of carbonyl (C=O) groups is 2. The number of hydrogen-bond acceptors (Lipinski definition) is 5. The average Bonchev–Trinajstić information content (AvgIpc) is 3.29. The highest BCUT2D eigenvalue weighted by atomic mass is 16.4. The van der Waals surface area contributed by atoms with Crippen LogP contribution in [0.1, 0.15) is 22.6 Å². The molecule has 1 saturated heterocycles. The SMILES string of the molecule is N#Cc1cccc(-n2cnc(C(=O)NC[C@H]3CCN(C(=O)O)C3)n2)c1. The number of nitrogens with zero attached hydrogens (tertiary/aromatic N) is 5. The first-order valence-electron chi connectivity index (χ1n) is 7.75. The molecule has 2 aromatic rings. The molecule has 0 aliphatic carbocycles. The fourth-order valence-corrected chi connectivity index (χ4v) is 2.70.